The van der Waals surface area contributed by atoms with Crippen LogP contribution in [0, 0.1) is 0 Å². The molecule has 0 amide bonds. The van der Waals surface area contributed by atoms with Crippen LogP contribution in [-0.2, 0) is 26.6 Å². The molecule has 1 fully saturated rings. The fourth-order valence-corrected chi connectivity index (χ4v) is 4.28. The van der Waals surface area contributed by atoms with Crippen LogP contribution in [0.4, 0.5) is 26.3 Å². The summed E-state index contributed by atoms with van der Waals surface area (Å²) < 4.78 is 90.7. The molecule has 0 spiro atoms. The number of aliphatic carboxylic acids is 1. The van der Waals surface area contributed by atoms with E-state index in [1.54, 1.807) is 0 Å². The average molecular weight is 549 g/mol. The molecule has 0 aliphatic carbocycles. The first-order chi connectivity index (χ1) is 17.8. The molecule has 1 N–H and O–H groups in total. The van der Waals surface area contributed by atoms with Gasteiger partial charge in [0.15, 0.2) is 0 Å². The maximum absolute atomic E-state index is 13.3. The fraction of sp³-hybridized carbons (Fsp3) is 0.500. The number of hydrogen-bond donors (Lipinski definition) is 1. The summed E-state index contributed by atoms with van der Waals surface area (Å²) in [5.41, 5.74) is -2.04. The van der Waals surface area contributed by atoms with E-state index in [-0.39, 0.29) is 37.5 Å². The largest absolute Gasteiger partial charge is 0.480 e. The Balaban J connectivity index is 1.69. The van der Waals surface area contributed by atoms with E-state index < -0.39 is 35.6 Å². The second kappa shape index (κ2) is 12.9. The van der Waals surface area contributed by atoms with Crippen LogP contribution in [0.2, 0.25) is 0 Å². The van der Waals surface area contributed by atoms with Gasteiger partial charge in [-0.25, -0.2) is 4.79 Å². The minimum absolute atomic E-state index is 0.0600. The third kappa shape index (κ3) is 8.69. The van der Waals surface area contributed by atoms with Crippen molar-refractivity contribution in [2.45, 2.75) is 31.4 Å². The van der Waals surface area contributed by atoms with Crippen molar-refractivity contribution in [3.8, 4) is 0 Å². The molecule has 2 aromatic rings. The highest BCUT2D eigenvalue weighted by molar-refractivity contribution is 5.67. The van der Waals surface area contributed by atoms with E-state index in [1.807, 2.05) is 30.3 Å². The Hall–Kier alpha value is -2.67. The Morgan fingerprint density at radius 1 is 0.921 bits per heavy atom. The number of halogens is 6. The van der Waals surface area contributed by atoms with Crippen molar-refractivity contribution in [2.75, 3.05) is 52.5 Å². The summed E-state index contributed by atoms with van der Waals surface area (Å²) in [5.74, 6) is -1.03. The highest BCUT2D eigenvalue weighted by Gasteiger charge is 2.37. The lowest BCUT2D eigenvalue weighted by atomic mass is 10.0. The van der Waals surface area contributed by atoms with Crippen LogP contribution < -0.4 is 0 Å². The smallest absolute Gasteiger partial charge is 0.416 e. The van der Waals surface area contributed by atoms with Crippen LogP contribution >= 0.6 is 0 Å². The summed E-state index contributed by atoms with van der Waals surface area (Å²) in [6.07, 6.45) is -10.9. The molecule has 0 saturated carbocycles. The number of alkyl halides is 6. The van der Waals surface area contributed by atoms with Crippen molar-refractivity contribution < 1.29 is 45.7 Å². The van der Waals surface area contributed by atoms with Crippen molar-refractivity contribution >= 4 is 5.97 Å². The molecule has 3 rings (SSSR count). The van der Waals surface area contributed by atoms with E-state index in [0.29, 0.717) is 44.9 Å². The fourth-order valence-electron chi connectivity index (χ4n) is 4.28. The van der Waals surface area contributed by atoms with E-state index in [0.717, 1.165) is 5.56 Å². The highest BCUT2D eigenvalue weighted by Crippen LogP contribution is 2.38. The minimum atomic E-state index is -4.93. The first kappa shape index (κ1) is 29.9. The summed E-state index contributed by atoms with van der Waals surface area (Å²) in [7, 11) is 0. The van der Waals surface area contributed by atoms with Gasteiger partial charge in [0.25, 0.3) is 0 Å². The first-order valence-electron chi connectivity index (χ1n) is 12.1. The van der Waals surface area contributed by atoms with Gasteiger partial charge < -0.3 is 14.6 Å². The standard InChI is InChI=1S/C26H30F6N2O4/c1-18(20-13-21(25(27,28)29)15-22(14-20)26(30,31)32)38-16-23(19-5-3-2-4-6-19)34-9-7-33(8-10-34)11-12-37-17-24(35)36/h2-6,13-15,18,23H,7-12,16-17H2,1H3,(H,35,36)/t18-,23-/m0/s1. The van der Waals surface area contributed by atoms with Gasteiger partial charge in [-0.3, -0.25) is 9.80 Å². The Morgan fingerprint density at radius 2 is 1.50 bits per heavy atom. The number of hydrogen-bond acceptors (Lipinski definition) is 5. The summed E-state index contributed by atoms with van der Waals surface area (Å²) >= 11 is 0. The normalized spacial score (nSPS) is 17.3. The molecule has 2 atom stereocenters. The second-order valence-corrected chi connectivity index (χ2v) is 9.07. The monoisotopic (exact) mass is 548 g/mol. The topological polar surface area (TPSA) is 62.2 Å². The molecule has 0 unspecified atom stereocenters. The van der Waals surface area contributed by atoms with E-state index >= 15 is 0 Å². The van der Waals surface area contributed by atoms with E-state index in [1.165, 1.54) is 6.92 Å². The Bertz CT molecular complexity index is 1010. The lowest BCUT2D eigenvalue weighted by molar-refractivity contribution is -0.144. The number of carbonyl (C=O) groups is 1. The SMILES string of the molecule is C[C@H](OC[C@@H](c1ccccc1)N1CCN(CCOCC(=O)O)CC1)c1cc(C(F)(F)F)cc(C(F)(F)F)c1. The Labute approximate surface area is 216 Å². The van der Waals surface area contributed by atoms with E-state index in [2.05, 4.69) is 9.80 Å². The molecule has 2 aromatic carbocycles. The Kier molecular flexibility index (Phi) is 10.2. The summed E-state index contributed by atoms with van der Waals surface area (Å²) in [4.78, 5) is 14.9. The van der Waals surface area contributed by atoms with Crippen molar-refractivity contribution in [2.24, 2.45) is 0 Å². The number of benzene rings is 2. The molecule has 0 bridgehead atoms. The zero-order valence-corrected chi connectivity index (χ0v) is 20.8. The van der Waals surface area contributed by atoms with Gasteiger partial charge in [0.2, 0.25) is 0 Å². The zero-order chi connectivity index (χ0) is 27.9. The van der Waals surface area contributed by atoms with Gasteiger partial charge in [-0.15, -0.1) is 0 Å². The summed E-state index contributed by atoms with van der Waals surface area (Å²) in [6.45, 7) is 4.62. The molecule has 210 valence electrons. The molecule has 38 heavy (non-hydrogen) atoms. The van der Waals surface area contributed by atoms with Crippen LogP contribution in [0.5, 0.6) is 0 Å². The number of carboxylic acid groups (broad SMARTS) is 1. The molecule has 1 aliphatic rings. The molecular formula is C26H30F6N2O4. The summed E-state index contributed by atoms with van der Waals surface area (Å²) in [5, 5.41) is 8.66. The van der Waals surface area contributed by atoms with Crippen LogP contribution in [0.15, 0.2) is 48.5 Å². The van der Waals surface area contributed by atoms with Gasteiger partial charge in [-0.2, -0.15) is 26.3 Å². The number of rotatable bonds is 11. The van der Waals surface area contributed by atoms with Crippen molar-refractivity contribution in [3.05, 3.63) is 70.8 Å². The van der Waals surface area contributed by atoms with Gasteiger partial charge in [0, 0.05) is 32.7 Å². The van der Waals surface area contributed by atoms with Crippen LogP contribution in [0.1, 0.15) is 41.3 Å². The lowest BCUT2D eigenvalue weighted by Crippen LogP contribution is -2.49. The Morgan fingerprint density at radius 3 is 2.03 bits per heavy atom. The van der Waals surface area contributed by atoms with Gasteiger partial charge in [0.05, 0.1) is 36.5 Å². The van der Waals surface area contributed by atoms with Gasteiger partial charge in [-0.1, -0.05) is 30.3 Å². The third-order valence-electron chi connectivity index (χ3n) is 6.39. The first-order valence-corrected chi connectivity index (χ1v) is 12.1. The molecule has 1 heterocycles. The van der Waals surface area contributed by atoms with Gasteiger partial charge in [0.1, 0.15) is 6.61 Å². The third-order valence-corrected chi connectivity index (χ3v) is 6.39. The van der Waals surface area contributed by atoms with Crippen LogP contribution in [0.3, 0.4) is 0 Å². The zero-order valence-electron chi connectivity index (χ0n) is 20.8. The maximum atomic E-state index is 13.3. The van der Waals surface area contributed by atoms with Crippen LogP contribution in [0.25, 0.3) is 0 Å². The lowest BCUT2D eigenvalue weighted by Gasteiger charge is -2.39. The molecule has 12 heteroatoms. The number of piperazine rings is 1. The molecular weight excluding hydrogens is 518 g/mol. The number of ether oxygens (including phenoxy) is 2. The van der Waals surface area contributed by atoms with Crippen molar-refractivity contribution in [3.63, 3.8) is 0 Å². The number of nitrogens with zero attached hydrogens (tertiary/aromatic N) is 2. The van der Waals surface area contributed by atoms with Crippen molar-refractivity contribution in [1.82, 2.24) is 9.80 Å². The van der Waals surface area contributed by atoms with Gasteiger partial charge in [-0.05, 0) is 36.2 Å². The maximum Gasteiger partial charge on any atom is 0.416 e. The number of carboxylic acids is 1. The molecule has 1 aliphatic heterocycles. The van der Waals surface area contributed by atoms with Gasteiger partial charge >= 0.3 is 18.3 Å². The predicted octanol–water partition coefficient (Wildman–Crippen LogP) is 5.26. The van der Waals surface area contributed by atoms with Crippen LogP contribution in [-0.4, -0.2) is 73.4 Å². The molecule has 1 saturated heterocycles. The minimum Gasteiger partial charge on any atom is -0.480 e. The quantitative estimate of drug-likeness (QED) is 0.305. The summed E-state index contributed by atoms with van der Waals surface area (Å²) in [6, 6.07) is 10.6. The molecule has 0 radical (unpaired) electrons. The second-order valence-electron chi connectivity index (χ2n) is 9.07. The van der Waals surface area contributed by atoms with E-state index in [4.69, 9.17) is 14.6 Å². The van der Waals surface area contributed by atoms with E-state index in [9.17, 15) is 31.1 Å². The highest BCUT2D eigenvalue weighted by atomic mass is 19.4. The van der Waals surface area contributed by atoms with Crippen molar-refractivity contribution in [1.29, 1.82) is 0 Å². The molecule has 6 nitrogen and oxygen atoms in total. The average Bonchev–Trinajstić information content (AvgIpc) is 2.86. The molecule has 0 aromatic heterocycles. The predicted molar refractivity (Wildman–Crippen MR) is 126 cm³/mol.